The van der Waals surface area contributed by atoms with E-state index >= 15 is 0 Å². The van der Waals surface area contributed by atoms with Crippen molar-refractivity contribution in [1.82, 2.24) is 20.0 Å². The van der Waals surface area contributed by atoms with E-state index in [0.29, 0.717) is 0 Å². The van der Waals surface area contributed by atoms with Gasteiger partial charge < -0.3 is 5.11 Å². The Kier molecular flexibility index (Phi) is 2.24. The van der Waals surface area contributed by atoms with Gasteiger partial charge in [0.2, 0.25) is 0 Å². The van der Waals surface area contributed by atoms with Crippen molar-refractivity contribution in [3.63, 3.8) is 0 Å². The molecule has 0 atom stereocenters. The Morgan fingerprint density at radius 2 is 2.21 bits per heavy atom. The largest absolute Gasteiger partial charge is 0.392 e. The predicted molar refractivity (Wildman–Crippen MR) is 50.2 cm³/mol. The number of aliphatic hydroxyl groups is 1. The van der Waals surface area contributed by atoms with Gasteiger partial charge in [-0.05, 0) is 11.6 Å². The van der Waals surface area contributed by atoms with Crippen LogP contribution in [0.3, 0.4) is 0 Å². The lowest BCUT2D eigenvalue weighted by Gasteiger charge is -1.96. The van der Waals surface area contributed by atoms with E-state index in [1.54, 1.807) is 24.1 Å². The molecule has 0 unspecified atom stereocenters. The molecule has 2 heterocycles. The number of rotatable bonds is 2. The maximum atomic E-state index is 8.83. The highest BCUT2D eigenvalue weighted by Gasteiger charge is 2.02. The van der Waals surface area contributed by atoms with Crippen LogP contribution < -0.4 is 0 Å². The summed E-state index contributed by atoms with van der Waals surface area (Å²) in [6, 6.07) is 3.63. The molecule has 0 aliphatic carbocycles. The third-order valence-electron chi connectivity index (χ3n) is 1.87. The minimum absolute atomic E-state index is 0.00769. The van der Waals surface area contributed by atoms with Crippen LogP contribution in [0.4, 0.5) is 0 Å². The van der Waals surface area contributed by atoms with E-state index in [1.807, 2.05) is 12.1 Å². The highest BCUT2D eigenvalue weighted by molar-refractivity contribution is 5.51. The molecular formula is C9H10N4O. The lowest BCUT2D eigenvalue weighted by molar-refractivity contribution is 0.281. The summed E-state index contributed by atoms with van der Waals surface area (Å²) in [4.78, 5) is 4.16. The molecule has 5 nitrogen and oxygen atoms in total. The molecule has 0 aromatic carbocycles. The van der Waals surface area contributed by atoms with Crippen LogP contribution in [0.1, 0.15) is 5.56 Å². The Hall–Kier alpha value is -1.75. The molecule has 0 saturated carbocycles. The van der Waals surface area contributed by atoms with Gasteiger partial charge in [-0.3, -0.25) is 9.67 Å². The summed E-state index contributed by atoms with van der Waals surface area (Å²) in [5, 5.41) is 16.6. The molecule has 0 spiro atoms. The van der Waals surface area contributed by atoms with Crippen LogP contribution in [0.15, 0.2) is 24.5 Å². The van der Waals surface area contributed by atoms with E-state index in [-0.39, 0.29) is 6.61 Å². The predicted octanol–water partition coefficient (Wildman–Crippen LogP) is 0.369. The Labute approximate surface area is 81.0 Å². The molecule has 0 bridgehead atoms. The van der Waals surface area contributed by atoms with Crippen LogP contribution in [0.5, 0.6) is 0 Å². The standard InChI is InChI=1S/C9H10N4O/c1-13-5-9(11-12-13)8-3-2-7(6-14)4-10-8/h2-5,14H,6H2,1H3. The van der Waals surface area contributed by atoms with Gasteiger partial charge in [0.05, 0.1) is 18.5 Å². The zero-order valence-electron chi connectivity index (χ0n) is 7.75. The summed E-state index contributed by atoms with van der Waals surface area (Å²) >= 11 is 0. The molecule has 0 saturated heterocycles. The smallest absolute Gasteiger partial charge is 0.131 e. The van der Waals surface area contributed by atoms with Gasteiger partial charge in [0, 0.05) is 13.2 Å². The SMILES string of the molecule is Cn1cc(-c2ccc(CO)cn2)nn1. The molecule has 1 N–H and O–H groups in total. The van der Waals surface area contributed by atoms with Gasteiger partial charge in [0.15, 0.2) is 0 Å². The van der Waals surface area contributed by atoms with Gasteiger partial charge >= 0.3 is 0 Å². The second-order valence-electron chi connectivity index (χ2n) is 2.99. The monoisotopic (exact) mass is 190 g/mol. The Bertz CT molecular complexity index is 421. The molecule has 0 fully saturated rings. The average Bonchev–Trinajstić information content (AvgIpc) is 2.65. The van der Waals surface area contributed by atoms with E-state index < -0.39 is 0 Å². The summed E-state index contributed by atoms with van der Waals surface area (Å²) in [7, 11) is 1.80. The van der Waals surface area contributed by atoms with Crippen LogP contribution in [0, 0.1) is 0 Å². The van der Waals surface area contributed by atoms with E-state index in [2.05, 4.69) is 15.3 Å². The summed E-state index contributed by atoms with van der Waals surface area (Å²) in [6.07, 6.45) is 3.42. The normalized spacial score (nSPS) is 10.4. The third-order valence-corrected chi connectivity index (χ3v) is 1.87. The summed E-state index contributed by atoms with van der Waals surface area (Å²) in [5.41, 5.74) is 2.28. The molecule has 72 valence electrons. The highest BCUT2D eigenvalue weighted by atomic mass is 16.3. The Morgan fingerprint density at radius 1 is 1.36 bits per heavy atom. The second-order valence-corrected chi connectivity index (χ2v) is 2.99. The lowest BCUT2D eigenvalue weighted by atomic mass is 10.2. The van der Waals surface area contributed by atoms with E-state index in [4.69, 9.17) is 5.11 Å². The minimum Gasteiger partial charge on any atom is -0.392 e. The number of aromatic nitrogens is 4. The van der Waals surface area contributed by atoms with Crippen molar-refractivity contribution < 1.29 is 5.11 Å². The zero-order chi connectivity index (χ0) is 9.97. The quantitative estimate of drug-likeness (QED) is 0.743. The van der Waals surface area contributed by atoms with Crippen molar-refractivity contribution in [1.29, 1.82) is 0 Å². The van der Waals surface area contributed by atoms with Crippen LogP contribution in [-0.2, 0) is 13.7 Å². The topological polar surface area (TPSA) is 63.8 Å². The van der Waals surface area contributed by atoms with Gasteiger partial charge in [-0.15, -0.1) is 5.10 Å². The fourth-order valence-corrected chi connectivity index (χ4v) is 1.13. The van der Waals surface area contributed by atoms with Gasteiger partial charge in [0.25, 0.3) is 0 Å². The van der Waals surface area contributed by atoms with Crippen molar-refractivity contribution >= 4 is 0 Å². The molecule has 5 heteroatoms. The van der Waals surface area contributed by atoms with Crippen molar-refractivity contribution in [3.05, 3.63) is 30.1 Å². The third kappa shape index (κ3) is 1.62. The summed E-state index contributed by atoms with van der Waals surface area (Å²) in [5.74, 6) is 0. The highest BCUT2D eigenvalue weighted by Crippen LogP contribution is 2.12. The van der Waals surface area contributed by atoms with Crippen molar-refractivity contribution in [2.75, 3.05) is 0 Å². The molecule has 0 aliphatic heterocycles. The number of pyridine rings is 1. The molecule has 2 aromatic rings. The van der Waals surface area contributed by atoms with Gasteiger partial charge in [-0.1, -0.05) is 11.3 Å². The Morgan fingerprint density at radius 3 is 2.71 bits per heavy atom. The van der Waals surface area contributed by atoms with Crippen molar-refractivity contribution in [3.8, 4) is 11.4 Å². The first kappa shape index (κ1) is 8.83. The van der Waals surface area contributed by atoms with Crippen LogP contribution >= 0.6 is 0 Å². The first-order valence-electron chi connectivity index (χ1n) is 4.22. The summed E-state index contributed by atoms with van der Waals surface area (Å²) < 4.78 is 1.62. The van der Waals surface area contributed by atoms with Gasteiger partial charge in [-0.25, -0.2) is 0 Å². The number of aliphatic hydroxyl groups excluding tert-OH is 1. The number of nitrogens with zero attached hydrogens (tertiary/aromatic N) is 4. The molecule has 14 heavy (non-hydrogen) atoms. The molecule has 2 aromatic heterocycles. The van der Waals surface area contributed by atoms with Crippen LogP contribution in [0.25, 0.3) is 11.4 Å². The number of aryl methyl sites for hydroxylation is 1. The maximum Gasteiger partial charge on any atom is 0.131 e. The van der Waals surface area contributed by atoms with Gasteiger partial charge in [-0.2, -0.15) is 0 Å². The van der Waals surface area contributed by atoms with E-state index in [1.165, 1.54) is 0 Å². The molecule has 2 rings (SSSR count). The summed E-state index contributed by atoms with van der Waals surface area (Å²) in [6.45, 7) is 0.00769. The van der Waals surface area contributed by atoms with Crippen LogP contribution in [-0.4, -0.2) is 25.1 Å². The zero-order valence-corrected chi connectivity index (χ0v) is 7.75. The molecular weight excluding hydrogens is 180 g/mol. The fraction of sp³-hybridized carbons (Fsp3) is 0.222. The molecule has 0 aliphatic rings. The minimum atomic E-state index is 0.00769. The first-order valence-corrected chi connectivity index (χ1v) is 4.22. The number of hydrogen-bond acceptors (Lipinski definition) is 4. The average molecular weight is 190 g/mol. The van der Waals surface area contributed by atoms with Crippen LogP contribution in [0.2, 0.25) is 0 Å². The Balaban J connectivity index is 2.33. The first-order chi connectivity index (χ1) is 6.79. The lowest BCUT2D eigenvalue weighted by Crippen LogP contribution is -1.87. The molecule has 0 radical (unpaired) electrons. The van der Waals surface area contributed by atoms with Crippen molar-refractivity contribution in [2.24, 2.45) is 7.05 Å². The number of hydrogen-bond donors (Lipinski definition) is 1. The van der Waals surface area contributed by atoms with Gasteiger partial charge in [0.1, 0.15) is 5.69 Å². The second kappa shape index (κ2) is 3.55. The maximum absolute atomic E-state index is 8.83. The van der Waals surface area contributed by atoms with Crippen molar-refractivity contribution in [2.45, 2.75) is 6.61 Å². The van der Waals surface area contributed by atoms with E-state index in [9.17, 15) is 0 Å². The fourth-order valence-electron chi connectivity index (χ4n) is 1.13. The van der Waals surface area contributed by atoms with E-state index in [0.717, 1.165) is 17.0 Å². The molecule has 0 amide bonds.